The fraction of sp³-hybridized carbons (Fsp3) is 0.312. The molecular formula is C96H103BBrCl3N14O6. The molecule has 12 aromatic rings. The van der Waals surface area contributed by atoms with Gasteiger partial charge in [0, 0.05) is 244 Å². The van der Waals surface area contributed by atoms with Crippen LogP contribution in [0.15, 0.2) is 224 Å². The van der Waals surface area contributed by atoms with Crippen molar-refractivity contribution in [3.05, 3.63) is 280 Å². The number of fused-ring (bicyclic) bond motifs is 12. The predicted octanol–water partition coefficient (Wildman–Crippen LogP) is 18.3. The number of aromatic nitrogens is 8. The van der Waals surface area contributed by atoms with Crippen LogP contribution < -0.4 is 31.2 Å². The summed E-state index contributed by atoms with van der Waals surface area (Å²) in [7, 11) is -0.439. The van der Waals surface area contributed by atoms with Crippen molar-refractivity contribution in [2.24, 2.45) is 0 Å². The van der Waals surface area contributed by atoms with E-state index in [4.69, 9.17) is 37.2 Å². The second-order valence-corrected chi connectivity index (χ2v) is 34.8. The van der Waals surface area contributed by atoms with Gasteiger partial charge in [-0.15, -0.1) is 12.4 Å². The molecule has 0 saturated carbocycles. The Balaban J connectivity index is 0.000000128. The molecule has 3 N–H and O–H groups in total. The van der Waals surface area contributed by atoms with Crippen LogP contribution in [0.5, 0.6) is 0 Å². The van der Waals surface area contributed by atoms with E-state index in [-0.39, 0.29) is 35.3 Å². The van der Waals surface area contributed by atoms with Crippen LogP contribution in [0.3, 0.4) is 0 Å². The SMILES string of the molecule is Brc1ccnc2c1-c1ccccc1C2.C1CNCCN1.CC(C)(C)OC(=O)N1CCN(c2ccncc2-c2ccnc3c2-c2ccccc2C3)CC1.CC(C)(C)OC=O.CC1(C)OB(c2cnccc2Cl)OC1(C)C.Cl.Clc1ccncc1-c1ccnc2c1-c1ccccc1C2.c1ccc2c(c1)Cc1nccc(-c3cnccc3N3CCNCC3)c1-2. The standard InChI is InChI=1S/C26H28N4O2.C21H20N4.C17H11ClN2.C12H8BrN.C11H15BClNO2.C5H10O2.C4H10N2.ClH/c1-26(2,3)32-25(31)30-14-12-29(13-15-30)23-9-10-27-17-21(23)20-8-11-28-22-16-18-6-4-5-7-19(18)24(20)22;1-2-4-16-15(3-1)13-19-21(16)17(5-8-24-19)18-14-23-7-6-20(18)25-11-9-22-10-12-25;18-15-6-7-19-10-14(15)13-5-8-20-16-9-11-3-1-2-4-12(11)17(13)16;13-10-5-6-14-11-7-8-3-1-2-4-9(8)12(10)11;1-10(2)11(3,4)16-12(15-10)8-7-14-6-5-9(8)13;1-5(2,3)7-4-6;1-2-6-4-3-5-1;/h4-11,17H,12-16H2,1-3H3;1-8,14,22H,9-13H2;1-8,10H,9H2;1-6H,7H2;5-7H,1-4H3;4H,1-3H3;5-6H,1-4H2;1H. The maximum absolute atomic E-state index is 12.5. The van der Waals surface area contributed by atoms with E-state index < -0.39 is 12.7 Å². The highest BCUT2D eigenvalue weighted by Gasteiger charge is 2.52. The van der Waals surface area contributed by atoms with Crippen LogP contribution in [-0.2, 0) is 49.3 Å². The van der Waals surface area contributed by atoms with Gasteiger partial charge in [0.05, 0.1) is 39.0 Å². The first-order chi connectivity index (χ1) is 57.9. The smallest absolute Gasteiger partial charge is 0.462 e. The molecular weight excluding hydrogens is 1640 g/mol. The second kappa shape index (κ2) is 39.7. The van der Waals surface area contributed by atoms with E-state index in [9.17, 15) is 9.59 Å². The summed E-state index contributed by atoms with van der Waals surface area (Å²) < 4.78 is 23.0. The highest BCUT2D eigenvalue weighted by Crippen LogP contribution is 2.48. The van der Waals surface area contributed by atoms with Crippen molar-refractivity contribution in [1.29, 1.82) is 0 Å². The minimum atomic E-state index is -0.482. The number of pyridine rings is 8. The van der Waals surface area contributed by atoms with Gasteiger partial charge in [0.25, 0.3) is 6.47 Å². The van der Waals surface area contributed by atoms with E-state index >= 15 is 0 Å². The number of halogens is 4. The third-order valence-corrected chi connectivity index (χ3v) is 23.6. The van der Waals surface area contributed by atoms with Crippen LogP contribution in [0.4, 0.5) is 16.2 Å². The summed E-state index contributed by atoms with van der Waals surface area (Å²) in [6.45, 7) is 31.1. The zero-order chi connectivity index (χ0) is 84.1. The summed E-state index contributed by atoms with van der Waals surface area (Å²) in [5, 5.41) is 11.2. The van der Waals surface area contributed by atoms with Gasteiger partial charge in [0.1, 0.15) is 11.2 Å². The molecule has 20 rings (SSSR count). The molecule has 8 aromatic heterocycles. The molecule has 121 heavy (non-hydrogen) atoms. The highest BCUT2D eigenvalue weighted by molar-refractivity contribution is 9.10. The van der Waals surface area contributed by atoms with Crippen LogP contribution in [0, 0.1) is 0 Å². The maximum atomic E-state index is 12.5. The molecule has 20 nitrogen and oxygen atoms in total. The van der Waals surface area contributed by atoms with Crippen LogP contribution in [0.1, 0.15) is 114 Å². The number of carbonyl (C=O) groups is 2. The Hall–Kier alpha value is -10.4. The van der Waals surface area contributed by atoms with Crippen LogP contribution >= 0.6 is 51.5 Å². The van der Waals surface area contributed by atoms with Crippen molar-refractivity contribution >= 4 is 88.1 Å². The lowest BCUT2D eigenvalue weighted by atomic mass is 9.80. The number of ether oxygens (including phenoxy) is 2. The lowest BCUT2D eigenvalue weighted by molar-refractivity contribution is -0.138. The van der Waals surface area contributed by atoms with E-state index in [0.29, 0.717) is 24.6 Å². The molecule has 0 bridgehead atoms. The number of nitrogens with one attached hydrogen (secondary N) is 3. The summed E-state index contributed by atoms with van der Waals surface area (Å²) in [6, 6.07) is 50.2. The number of piperazine rings is 3. The van der Waals surface area contributed by atoms with Gasteiger partial charge < -0.3 is 49.4 Å². The third-order valence-electron chi connectivity index (χ3n) is 22.3. The van der Waals surface area contributed by atoms with Crippen molar-refractivity contribution in [2.75, 3.05) is 88.3 Å². The number of nitrogens with zero attached hydrogens (tertiary/aromatic N) is 11. The first kappa shape index (κ1) is 88.4. The molecule has 1 amide bonds. The van der Waals surface area contributed by atoms with Gasteiger partial charge in [0.15, 0.2) is 0 Å². The molecule has 0 spiro atoms. The fourth-order valence-electron chi connectivity index (χ4n) is 15.7. The van der Waals surface area contributed by atoms with Crippen molar-refractivity contribution in [2.45, 2.75) is 117 Å². The Morgan fingerprint density at radius 2 is 0.793 bits per heavy atom. The van der Waals surface area contributed by atoms with Crippen molar-refractivity contribution < 1.29 is 28.4 Å². The fourth-order valence-corrected chi connectivity index (χ4v) is 16.7. The molecule has 0 radical (unpaired) electrons. The molecule has 624 valence electrons. The van der Waals surface area contributed by atoms with E-state index in [2.05, 4.69) is 208 Å². The number of hydrogen-bond donors (Lipinski definition) is 3. The van der Waals surface area contributed by atoms with Crippen molar-refractivity contribution in [3.63, 3.8) is 0 Å². The number of hydrogen-bond acceptors (Lipinski definition) is 19. The molecule has 25 heteroatoms. The molecule has 0 atom stereocenters. The maximum Gasteiger partial charge on any atom is 0.497 e. The van der Waals surface area contributed by atoms with E-state index in [0.717, 1.165) is 145 Å². The van der Waals surface area contributed by atoms with E-state index in [1.807, 2.05) is 143 Å². The predicted molar refractivity (Wildman–Crippen MR) is 492 cm³/mol. The van der Waals surface area contributed by atoms with Gasteiger partial charge in [-0.2, -0.15) is 0 Å². The Morgan fingerprint density at radius 1 is 0.430 bits per heavy atom. The number of carbonyl (C=O) groups excluding carboxylic acids is 2. The summed E-state index contributed by atoms with van der Waals surface area (Å²) in [6.07, 6.45) is 25.5. The number of amides is 1. The first-order valence-corrected chi connectivity index (χ1v) is 42.5. The molecule has 4 saturated heterocycles. The minimum absolute atomic E-state index is 0. The second-order valence-electron chi connectivity index (χ2n) is 33.1. The Kier molecular flexibility index (Phi) is 29.0. The van der Waals surface area contributed by atoms with Crippen LogP contribution in [-0.4, -0.2) is 165 Å². The molecule has 4 fully saturated rings. The summed E-state index contributed by atoms with van der Waals surface area (Å²) in [5.74, 6) is 0. The van der Waals surface area contributed by atoms with Crippen molar-refractivity contribution in [3.8, 4) is 77.9 Å². The molecule has 8 aliphatic rings. The van der Waals surface area contributed by atoms with Crippen LogP contribution in [0.2, 0.25) is 10.0 Å². The number of benzene rings is 4. The number of rotatable bonds is 7. The largest absolute Gasteiger partial charge is 0.497 e. The zero-order valence-corrected chi connectivity index (χ0v) is 74.1. The summed E-state index contributed by atoms with van der Waals surface area (Å²) >= 11 is 16.0. The van der Waals surface area contributed by atoms with E-state index in [1.54, 1.807) is 29.6 Å². The molecule has 12 heterocycles. The lowest BCUT2D eigenvalue weighted by Crippen LogP contribution is -2.50. The molecule has 4 aliphatic carbocycles. The first-order valence-electron chi connectivity index (χ1n) is 41.0. The third kappa shape index (κ3) is 21.1. The van der Waals surface area contributed by atoms with Gasteiger partial charge >= 0.3 is 13.2 Å². The number of anilines is 2. The highest BCUT2D eigenvalue weighted by atomic mass is 79.9. The van der Waals surface area contributed by atoms with Gasteiger partial charge in [-0.1, -0.05) is 136 Å². The topological polar surface area (TPSA) is 220 Å². The van der Waals surface area contributed by atoms with Crippen molar-refractivity contribution in [1.82, 2.24) is 60.7 Å². The van der Waals surface area contributed by atoms with E-state index in [1.165, 1.54) is 95.0 Å². The average molecular weight is 1750 g/mol. The minimum Gasteiger partial charge on any atom is -0.462 e. The normalized spacial score (nSPS) is 15.5. The molecule has 4 aliphatic heterocycles. The molecule has 0 unspecified atom stereocenters. The summed E-state index contributed by atoms with van der Waals surface area (Å²) in [4.78, 5) is 64.0. The average Bonchev–Trinajstić information content (AvgIpc) is 1.66. The lowest BCUT2D eigenvalue weighted by Gasteiger charge is -2.37. The van der Waals surface area contributed by atoms with Gasteiger partial charge in [-0.05, 0) is 179 Å². The molecule has 4 aromatic carbocycles. The monoisotopic (exact) mass is 1740 g/mol. The Morgan fingerprint density at radius 3 is 1.19 bits per heavy atom. The van der Waals surface area contributed by atoms with Crippen LogP contribution in [0.25, 0.3) is 77.9 Å². The Bertz CT molecular complexity index is 5590. The zero-order valence-electron chi connectivity index (χ0n) is 70.2. The van der Waals surface area contributed by atoms with Gasteiger partial charge in [-0.3, -0.25) is 44.7 Å². The Labute approximate surface area is 735 Å². The van der Waals surface area contributed by atoms with Gasteiger partial charge in [-0.25, -0.2) is 4.79 Å². The summed E-state index contributed by atoms with van der Waals surface area (Å²) in [5.41, 5.74) is 28.6. The quantitative estimate of drug-likeness (QED) is 0.0997. The van der Waals surface area contributed by atoms with Gasteiger partial charge in [0.2, 0.25) is 0 Å².